The van der Waals surface area contributed by atoms with Crippen molar-refractivity contribution in [3.05, 3.63) is 36.9 Å². The maximum atomic E-state index is 4.75. The van der Waals surface area contributed by atoms with Gasteiger partial charge in [0.25, 0.3) is 0 Å². The maximum absolute atomic E-state index is 4.75. The minimum atomic E-state index is 0.453. The number of piperidine rings is 1. The molecule has 7 heteroatoms. The Morgan fingerprint density at radius 2 is 1.85 bits per heavy atom. The van der Waals surface area contributed by atoms with Crippen molar-refractivity contribution in [1.29, 1.82) is 0 Å². The number of pyridine rings is 2. The zero-order chi connectivity index (χ0) is 17.9. The third kappa shape index (κ3) is 3.57. The molecule has 2 N–H and O–H groups in total. The Bertz CT molecular complexity index is 903. The molecule has 7 nitrogen and oxygen atoms in total. The van der Waals surface area contributed by atoms with Crippen LogP contribution < -0.4 is 10.6 Å². The van der Waals surface area contributed by atoms with Crippen LogP contribution in [0.1, 0.15) is 12.8 Å². The molecule has 0 bridgehead atoms. The summed E-state index contributed by atoms with van der Waals surface area (Å²) < 4.78 is 0. The molecule has 3 aromatic heterocycles. The topological polar surface area (TPSA) is 78.9 Å². The van der Waals surface area contributed by atoms with Crippen molar-refractivity contribution in [2.24, 2.45) is 0 Å². The van der Waals surface area contributed by atoms with Crippen LogP contribution in [0.4, 0.5) is 11.6 Å². The summed E-state index contributed by atoms with van der Waals surface area (Å²) in [7, 11) is 4.02. The van der Waals surface area contributed by atoms with Crippen LogP contribution in [0.5, 0.6) is 0 Å². The van der Waals surface area contributed by atoms with Crippen LogP contribution in [-0.2, 0) is 0 Å². The number of nitrogens with zero attached hydrogens (tertiary/aromatic N) is 5. The van der Waals surface area contributed by atoms with Crippen molar-refractivity contribution >= 4 is 22.5 Å². The van der Waals surface area contributed by atoms with Crippen LogP contribution >= 0.6 is 0 Å². The van der Waals surface area contributed by atoms with E-state index in [0.29, 0.717) is 6.04 Å². The minimum absolute atomic E-state index is 0.453. The van der Waals surface area contributed by atoms with Gasteiger partial charge in [-0.2, -0.15) is 0 Å². The fourth-order valence-corrected chi connectivity index (χ4v) is 3.24. The SMILES string of the molecule is CNc1cc2cc(-c3cncc(NC4CCN(C)CC4)n3)cnc2cn1. The van der Waals surface area contributed by atoms with Gasteiger partial charge in [-0.3, -0.25) is 9.97 Å². The second-order valence-corrected chi connectivity index (χ2v) is 6.75. The molecular formula is C19H23N7. The number of anilines is 2. The molecule has 0 aromatic carbocycles. The van der Waals surface area contributed by atoms with Gasteiger partial charge in [-0.05, 0) is 45.1 Å². The Labute approximate surface area is 152 Å². The first-order valence-corrected chi connectivity index (χ1v) is 8.92. The average Bonchev–Trinajstić information content (AvgIpc) is 2.69. The molecule has 0 radical (unpaired) electrons. The summed E-state index contributed by atoms with van der Waals surface area (Å²) in [6.45, 7) is 2.22. The number of aromatic nitrogens is 4. The predicted octanol–water partition coefficient (Wildman–Crippen LogP) is 2.63. The van der Waals surface area contributed by atoms with E-state index >= 15 is 0 Å². The third-order valence-corrected chi connectivity index (χ3v) is 4.82. The highest BCUT2D eigenvalue weighted by molar-refractivity contribution is 5.84. The molecule has 0 unspecified atom stereocenters. The van der Waals surface area contributed by atoms with E-state index < -0.39 is 0 Å². The first kappa shape index (κ1) is 16.7. The molecular weight excluding hydrogens is 326 g/mol. The van der Waals surface area contributed by atoms with Gasteiger partial charge in [0, 0.05) is 30.2 Å². The molecule has 134 valence electrons. The van der Waals surface area contributed by atoms with E-state index in [4.69, 9.17) is 4.98 Å². The summed E-state index contributed by atoms with van der Waals surface area (Å²) in [6.07, 6.45) is 9.42. The minimum Gasteiger partial charge on any atom is -0.373 e. The van der Waals surface area contributed by atoms with Crippen LogP contribution in [0.15, 0.2) is 36.9 Å². The lowest BCUT2D eigenvalue weighted by molar-refractivity contribution is 0.263. The van der Waals surface area contributed by atoms with Gasteiger partial charge in [0.15, 0.2) is 0 Å². The summed E-state index contributed by atoms with van der Waals surface area (Å²) in [5.41, 5.74) is 2.63. The lowest BCUT2D eigenvalue weighted by atomic mass is 10.1. The highest BCUT2D eigenvalue weighted by Gasteiger charge is 2.17. The molecule has 4 rings (SSSR count). The number of likely N-dealkylation sites (tertiary alicyclic amines) is 1. The second-order valence-electron chi connectivity index (χ2n) is 6.75. The molecule has 0 aliphatic carbocycles. The van der Waals surface area contributed by atoms with Gasteiger partial charge >= 0.3 is 0 Å². The highest BCUT2D eigenvalue weighted by Crippen LogP contribution is 2.23. The summed E-state index contributed by atoms with van der Waals surface area (Å²) in [5.74, 6) is 1.64. The van der Waals surface area contributed by atoms with Gasteiger partial charge in [0.05, 0.1) is 29.8 Å². The summed E-state index contributed by atoms with van der Waals surface area (Å²) in [4.78, 5) is 20.3. The molecule has 26 heavy (non-hydrogen) atoms. The summed E-state index contributed by atoms with van der Waals surface area (Å²) >= 11 is 0. The van der Waals surface area contributed by atoms with E-state index in [-0.39, 0.29) is 0 Å². The van der Waals surface area contributed by atoms with Gasteiger partial charge in [-0.1, -0.05) is 0 Å². The van der Waals surface area contributed by atoms with Crippen molar-refractivity contribution < 1.29 is 0 Å². The van der Waals surface area contributed by atoms with Gasteiger partial charge in [-0.25, -0.2) is 9.97 Å². The molecule has 0 atom stereocenters. The van der Waals surface area contributed by atoms with Crippen molar-refractivity contribution in [1.82, 2.24) is 24.8 Å². The number of nitrogens with one attached hydrogen (secondary N) is 2. The lowest BCUT2D eigenvalue weighted by Crippen LogP contribution is -2.36. The number of hydrogen-bond donors (Lipinski definition) is 2. The van der Waals surface area contributed by atoms with Crippen LogP contribution in [-0.4, -0.2) is 58.1 Å². The van der Waals surface area contributed by atoms with Gasteiger partial charge in [0.2, 0.25) is 0 Å². The van der Waals surface area contributed by atoms with Gasteiger partial charge in [0.1, 0.15) is 11.6 Å². The zero-order valence-corrected chi connectivity index (χ0v) is 15.1. The molecule has 1 fully saturated rings. The highest BCUT2D eigenvalue weighted by atomic mass is 15.1. The largest absolute Gasteiger partial charge is 0.373 e. The smallest absolute Gasteiger partial charge is 0.145 e. The fraction of sp³-hybridized carbons (Fsp3) is 0.368. The molecule has 1 aliphatic rings. The predicted molar refractivity (Wildman–Crippen MR) is 104 cm³/mol. The summed E-state index contributed by atoms with van der Waals surface area (Å²) in [6, 6.07) is 4.52. The van der Waals surface area contributed by atoms with Gasteiger partial charge < -0.3 is 15.5 Å². The third-order valence-electron chi connectivity index (χ3n) is 4.82. The Balaban J connectivity index is 1.58. The van der Waals surface area contributed by atoms with E-state index in [9.17, 15) is 0 Å². The van der Waals surface area contributed by atoms with Crippen LogP contribution in [0, 0.1) is 0 Å². The van der Waals surface area contributed by atoms with Gasteiger partial charge in [-0.15, -0.1) is 0 Å². The number of hydrogen-bond acceptors (Lipinski definition) is 7. The second kappa shape index (κ2) is 7.21. The van der Waals surface area contributed by atoms with E-state index in [1.54, 1.807) is 18.6 Å². The molecule has 3 aromatic rings. The monoisotopic (exact) mass is 349 g/mol. The quantitative estimate of drug-likeness (QED) is 0.749. The van der Waals surface area contributed by atoms with Crippen LogP contribution in [0.3, 0.4) is 0 Å². The Kier molecular flexibility index (Phi) is 4.62. The van der Waals surface area contributed by atoms with E-state index in [2.05, 4.69) is 43.6 Å². The number of fused-ring (bicyclic) bond motifs is 1. The maximum Gasteiger partial charge on any atom is 0.145 e. The van der Waals surface area contributed by atoms with Crippen molar-refractivity contribution in [3.8, 4) is 11.3 Å². The van der Waals surface area contributed by atoms with E-state index in [0.717, 1.165) is 59.7 Å². The molecule has 0 amide bonds. The fourth-order valence-electron chi connectivity index (χ4n) is 3.24. The molecule has 1 saturated heterocycles. The standard InChI is InChI=1S/C19H23N7/c1-20-18-8-13-7-14(9-22-16(13)11-23-18)17-10-21-12-19(25-17)24-15-3-5-26(2)6-4-15/h7-12,15H,3-6H2,1-2H3,(H,20,23)(H,24,25). The van der Waals surface area contributed by atoms with E-state index in [1.807, 2.05) is 19.3 Å². The van der Waals surface area contributed by atoms with Crippen molar-refractivity contribution in [2.45, 2.75) is 18.9 Å². The first-order valence-electron chi connectivity index (χ1n) is 8.92. The molecule has 0 spiro atoms. The van der Waals surface area contributed by atoms with Crippen molar-refractivity contribution in [2.75, 3.05) is 37.8 Å². The van der Waals surface area contributed by atoms with E-state index in [1.165, 1.54) is 0 Å². The molecule has 1 aliphatic heterocycles. The number of rotatable bonds is 4. The average molecular weight is 349 g/mol. The Morgan fingerprint density at radius 1 is 1.00 bits per heavy atom. The van der Waals surface area contributed by atoms with Crippen molar-refractivity contribution in [3.63, 3.8) is 0 Å². The Hall–Kier alpha value is -2.80. The zero-order valence-electron chi connectivity index (χ0n) is 15.1. The lowest BCUT2D eigenvalue weighted by Gasteiger charge is -2.29. The Morgan fingerprint density at radius 3 is 2.65 bits per heavy atom. The molecule has 0 saturated carbocycles. The summed E-state index contributed by atoms with van der Waals surface area (Å²) in [5, 5.41) is 7.61. The first-order chi connectivity index (χ1) is 12.7. The normalized spacial score (nSPS) is 15.9. The van der Waals surface area contributed by atoms with Crippen LogP contribution in [0.2, 0.25) is 0 Å². The molecule has 4 heterocycles. The van der Waals surface area contributed by atoms with Crippen LogP contribution in [0.25, 0.3) is 22.2 Å².